The molecule has 0 aliphatic heterocycles. The van der Waals surface area contributed by atoms with Crippen LogP contribution >= 0.6 is 0 Å². The molecule has 0 aliphatic carbocycles. The number of aryl methyl sites for hydroxylation is 1. The van der Waals surface area contributed by atoms with Gasteiger partial charge in [0.15, 0.2) is 5.69 Å². The van der Waals surface area contributed by atoms with E-state index in [1.807, 2.05) is 10.8 Å². The van der Waals surface area contributed by atoms with Crippen LogP contribution < -0.4 is 0 Å². The van der Waals surface area contributed by atoms with Crippen molar-refractivity contribution in [3.05, 3.63) is 47.8 Å². The first-order valence-corrected chi connectivity index (χ1v) is 5.89. The Morgan fingerprint density at radius 2 is 2.22 bits per heavy atom. The molecule has 5 nitrogen and oxygen atoms in total. The Hall–Kier alpha value is -2.17. The minimum absolute atomic E-state index is 0.105. The average Bonchev–Trinajstić information content (AvgIpc) is 2.78. The zero-order valence-electron chi connectivity index (χ0n) is 10.2. The van der Waals surface area contributed by atoms with Gasteiger partial charge in [-0.25, -0.2) is 14.8 Å². The molecule has 0 bridgehead atoms. The molecule has 5 heteroatoms. The molecule has 0 atom stereocenters. The molecule has 0 fully saturated rings. The zero-order valence-corrected chi connectivity index (χ0v) is 10.2. The van der Waals surface area contributed by atoms with Crippen LogP contribution in [0.1, 0.15) is 35.2 Å². The summed E-state index contributed by atoms with van der Waals surface area (Å²) >= 11 is 0. The van der Waals surface area contributed by atoms with Gasteiger partial charge in [0.1, 0.15) is 5.82 Å². The van der Waals surface area contributed by atoms with Gasteiger partial charge in [-0.1, -0.05) is 13.0 Å². The first kappa shape index (κ1) is 12.3. The van der Waals surface area contributed by atoms with Gasteiger partial charge in [0.2, 0.25) is 0 Å². The van der Waals surface area contributed by atoms with Crippen LogP contribution in [-0.2, 0) is 13.0 Å². The van der Waals surface area contributed by atoms with Crippen molar-refractivity contribution in [3.8, 4) is 0 Å². The van der Waals surface area contributed by atoms with Crippen molar-refractivity contribution in [1.29, 1.82) is 0 Å². The molecule has 0 amide bonds. The number of hydrogen-bond donors (Lipinski definition) is 1. The number of carbonyl (C=O) groups is 1. The molecule has 94 valence electrons. The molecule has 2 aromatic rings. The highest BCUT2D eigenvalue weighted by Gasteiger charge is 2.12. The Balaban J connectivity index is 2.28. The fourth-order valence-corrected chi connectivity index (χ4v) is 1.88. The lowest BCUT2D eigenvalue weighted by molar-refractivity contribution is 0.0689. The lowest BCUT2D eigenvalue weighted by Crippen LogP contribution is -2.10. The highest BCUT2D eigenvalue weighted by atomic mass is 16.4. The molecule has 0 saturated carbocycles. The summed E-state index contributed by atoms with van der Waals surface area (Å²) in [5.74, 6) is -0.0274. The summed E-state index contributed by atoms with van der Waals surface area (Å²) in [4.78, 5) is 19.2. The lowest BCUT2D eigenvalue weighted by Gasteiger charge is -2.09. The topological polar surface area (TPSA) is 68.0 Å². The fourth-order valence-electron chi connectivity index (χ4n) is 1.88. The Kier molecular flexibility index (Phi) is 3.72. The summed E-state index contributed by atoms with van der Waals surface area (Å²) in [5.41, 5.74) is 0.800. The largest absolute Gasteiger partial charge is 0.477 e. The molecule has 0 unspecified atom stereocenters. The Morgan fingerprint density at radius 1 is 1.39 bits per heavy atom. The minimum Gasteiger partial charge on any atom is -0.477 e. The van der Waals surface area contributed by atoms with Crippen molar-refractivity contribution in [2.45, 2.75) is 26.3 Å². The number of nitrogens with zero attached hydrogens (tertiary/aromatic N) is 3. The molecule has 2 rings (SSSR count). The van der Waals surface area contributed by atoms with Crippen LogP contribution in [0, 0.1) is 0 Å². The second kappa shape index (κ2) is 5.44. The van der Waals surface area contributed by atoms with Gasteiger partial charge in [-0.3, -0.25) is 0 Å². The summed E-state index contributed by atoms with van der Waals surface area (Å²) in [7, 11) is 0. The number of hydrogen-bond acceptors (Lipinski definition) is 3. The number of carboxylic acids is 1. The van der Waals surface area contributed by atoms with E-state index in [-0.39, 0.29) is 5.69 Å². The van der Waals surface area contributed by atoms with Gasteiger partial charge in [-0.15, -0.1) is 0 Å². The van der Waals surface area contributed by atoms with E-state index in [9.17, 15) is 4.79 Å². The van der Waals surface area contributed by atoms with Gasteiger partial charge >= 0.3 is 5.97 Å². The predicted octanol–water partition coefficient (Wildman–Crippen LogP) is 1.98. The quantitative estimate of drug-likeness (QED) is 0.874. The normalized spacial score (nSPS) is 10.5. The third kappa shape index (κ3) is 2.56. The van der Waals surface area contributed by atoms with Crippen LogP contribution in [0.5, 0.6) is 0 Å². The third-order valence-electron chi connectivity index (χ3n) is 2.71. The number of imidazole rings is 1. The van der Waals surface area contributed by atoms with Gasteiger partial charge in [0, 0.05) is 30.6 Å². The lowest BCUT2D eigenvalue weighted by atomic mass is 10.2. The van der Waals surface area contributed by atoms with E-state index in [0.29, 0.717) is 12.1 Å². The predicted molar refractivity (Wildman–Crippen MR) is 66.5 cm³/mol. The molecule has 0 aliphatic rings. The molecule has 0 spiro atoms. The first-order valence-electron chi connectivity index (χ1n) is 5.89. The van der Waals surface area contributed by atoms with E-state index in [1.165, 1.54) is 6.20 Å². The monoisotopic (exact) mass is 245 g/mol. The Labute approximate surface area is 105 Å². The molecule has 2 aromatic heterocycles. The molecule has 0 radical (unpaired) electrons. The molecule has 0 saturated heterocycles. The van der Waals surface area contributed by atoms with E-state index >= 15 is 0 Å². The van der Waals surface area contributed by atoms with Crippen LogP contribution in [-0.4, -0.2) is 25.6 Å². The van der Waals surface area contributed by atoms with Gasteiger partial charge < -0.3 is 9.67 Å². The van der Waals surface area contributed by atoms with Crippen LogP contribution in [0.15, 0.2) is 30.7 Å². The Morgan fingerprint density at radius 3 is 2.94 bits per heavy atom. The van der Waals surface area contributed by atoms with Gasteiger partial charge in [-0.2, -0.15) is 0 Å². The molecule has 2 heterocycles. The van der Waals surface area contributed by atoms with Gasteiger partial charge in [0.25, 0.3) is 0 Å². The standard InChI is InChI=1S/C13H15N3O2/c1-2-4-11-14-7-8-16(11)9-10-5-3-6-15-12(10)13(17)18/h3,5-8H,2,4,9H2,1H3,(H,17,18). The second-order valence-corrected chi connectivity index (χ2v) is 4.04. The summed E-state index contributed by atoms with van der Waals surface area (Å²) in [6.45, 7) is 2.58. The number of aromatic carboxylic acids is 1. The fraction of sp³-hybridized carbons (Fsp3) is 0.308. The van der Waals surface area contributed by atoms with Gasteiger partial charge in [-0.05, 0) is 12.5 Å². The van der Waals surface area contributed by atoms with Crippen molar-refractivity contribution >= 4 is 5.97 Å². The van der Waals surface area contributed by atoms with Crippen LogP contribution in [0.3, 0.4) is 0 Å². The van der Waals surface area contributed by atoms with E-state index in [4.69, 9.17) is 5.11 Å². The van der Waals surface area contributed by atoms with Crippen molar-refractivity contribution in [3.63, 3.8) is 0 Å². The summed E-state index contributed by atoms with van der Waals surface area (Å²) in [6.07, 6.45) is 6.99. The minimum atomic E-state index is -0.997. The maximum Gasteiger partial charge on any atom is 0.354 e. The zero-order chi connectivity index (χ0) is 13.0. The number of carboxylic acid groups (broad SMARTS) is 1. The first-order chi connectivity index (χ1) is 8.72. The smallest absolute Gasteiger partial charge is 0.354 e. The molecule has 0 aromatic carbocycles. The van der Waals surface area contributed by atoms with E-state index in [0.717, 1.165) is 18.7 Å². The average molecular weight is 245 g/mol. The number of rotatable bonds is 5. The van der Waals surface area contributed by atoms with Crippen molar-refractivity contribution in [2.75, 3.05) is 0 Å². The molecular weight excluding hydrogens is 230 g/mol. The maximum absolute atomic E-state index is 11.1. The molecular formula is C13H15N3O2. The third-order valence-corrected chi connectivity index (χ3v) is 2.71. The SMILES string of the molecule is CCCc1nccn1Cc1cccnc1C(=O)O. The highest BCUT2D eigenvalue weighted by Crippen LogP contribution is 2.10. The maximum atomic E-state index is 11.1. The van der Waals surface area contributed by atoms with Gasteiger partial charge in [0.05, 0.1) is 6.54 Å². The van der Waals surface area contributed by atoms with Crippen LogP contribution in [0.25, 0.3) is 0 Å². The van der Waals surface area contributed by atoms with Crippen molar-refractivity contribution in [2.24, 2.45) is 0 Å². The van der Waals surface area contributed by atoms with E-state index in [1.54, 1.807) is 18.3 Å². The van der Waals surface area contributed by atoms with Crippen molar-refractivity contribution in [1.82, 2.24) is 14.5 Å². The van der Waals surface area contributed by atoms with Crippen LogP contribution in [0.2, 0.25) is 0 Å². The molecule has 18 heavy (non-hydrogen) atoms. The Bertz CT molecular complexity index is 549. The summed E-state index contributed by atoms with van der Waals surface area (Å²) < 4.78 is 1.97. The number of aromatic nitrogens is 3. The van der Waals surface area contributed by atoms with Crippen LogP contribution in [0.4, 0.5) is 0 Å². The number of pyridine rings is 1. The summed E-state index contributed by atoms with van der Waals surface area (Å²) in [5, 5.41) is 9.08. The van der Waals surface area contributed by atoms with E-state index < -0.39 is 5.97 Å². The van der Waals surface area contributed by atoms with Crippen molar-refractivity contribution < 1.29 is 9.90 Å². The van der Waals surface area contributed by atoms with E-state index in [2.05, 4.69) is 16.9 Å². The summed E-state index contributed by atoms with van der Waals surface area (Å²) in [6, 6.07) is 3.53. The highest BCUT2D eigenvalue weighted by molar-refractivity contribution is 5.86. The second-order valence-electron chi connectivity index (χ2n) is 4.04. The molecule has 1 N–H and O–H groups in total.